The second kappa shape index (κ2) is 4.88. The van der Waals surface area contributed by atoms with Crippen molar-refractivity contribution in [2.75, 3.05) is 7.11 Å². The van der Waals surface area contributed by atoms with Crippen molar-refractivity contribution in [1.82, 2.24) is 0 Å². The number of carbonyl (C=O) groups is 1. The van der Waals surface area contributed by atoms with Crippen LogP contribution in [-0.4, -0.2) is 12.9 Å². The van der Waals surface area contributed by atoms with Crippen LogP contribution < -0.4 is 4.74 Å². The summed E-state index contributed by atoms with van der Waals surface area (Å²) in [5.74, 6) is 1.41. The molecule has 0 fully saturated rings. The molecule has 2 aromatic carbocycles. The van der Waals surface area contributed by atoms with Crippen molar-refractivity contribution >= 4 is 5.78 Å². The minimum atomic E-state index is 0.252. The highest BCUT2D eigenvalue weighted by atomic mass is 16.5. The van der Waals surface area contributed by atoms with Gasteiger partial charge in [0, 0.05) is 23.5 Å². The third-order valence-electron chi connectivity index (χ3n) is 3.81. The van der Waals surface area contributed by atoms with E-state index in [-0.39, 0.29) is 11.7 Å². The van der Waals surface area contributed by atoms with Gasteiger partial charge in [-0.3, -0.25) is 4.79 Å². The van der Waals surface area contributed by atoms with E-state index in [1.807, 2.05) is 36.4 Å². The van der Waals surface area contributed by atoms with Gasteiger partial charge in [0.15, 0.2) is 5.78 Å². The molecule has 0 aromatic heterocycles. The van der Waals surface area contributed by atoms with Gasteiger partial charge < -0.3 is 4.74 Å². The molecule has 0 saturated carbocycles. The Morgan fingerprint density at radius 2 is 1.68 bits per heavy atom. The fourth-order valence-corrected chi connectivity index (χ4v) is 2.90. The molecule has 0 heterocycles. The average molecular weight is 252 g/mol. The van der Waals surface area contributed by atoms with Crippen LogP contribution in [0.25, 0.3) is 0 Å². The van der Waals surface area contributed by atoms with Crippen LogP contribution in [0.1, 0.15) is 40.2 Å². The largest absolute Gasteiger partial charge is 0.496 e. The molecule has 0 amide bonds. The van der Waals surface area contributed by atoms with Crippen molar-refractivity contribution in [2.24, 2.45) is 0 Å². The highest BCUT2D eigenvalue weighted by Gasteiger charge is 2.27. The van der Waals surface area contributed by atoms with Gasteiger partial charge >= 0.3 is 0 Å². The Bertz CT molecular complexity index is 616. The number of ether oxygens (including phenoxy) is 1. The molecule has 2 aromatic rings. The molecule has 0 spiro atoms. The highest BCUT2D eigenvalue weighted by molar-refractivity contribution is 5.99. The maximum atomic E-state index is 12.0. The minimum Gasteiger partial charge on any atom is -0.496 e. The molecule has 2 heteroatoms. The second-order valence-electron chi connectivity index (χ2n) is 4.84. The molecule has 0 aliphatic heterocycles. The molecule has 0 radical (unpaired) electrons. The van der Waals surface area contributed by atoms with Crippen molar-refractivity contribution < 1.29 is 9.53 Å². The lowest BCUT2D eigenvalue weighted by molar-refractivity contribution is 0.0969. The number of hydrogen-bond acceptors (Lipinski definition) is 2. The first-order chi connectivity index (χ1) is 9.31. The first-order valence-corrected chi connectivity index (χ1v) is 6.56. The van der Waals surface area contributed by atoms with Gasteiger partial charge in [-0.2, -0.15) is 0 Å². The molecule has 2 nitrogen and oxygen atoms in total. The summed E-state index contributed by atoms with van der Waals surface area (Å²) >= 11 is 0. The van der Waals surface area contributed by atoms with Crippen molar-refractivity contribution in [1.29, 1.82) is 0 Å². The topological polar surface area (TPSA) is 26.3 Å². The van der Waals surface area contributed by atoms with Crippen molar-refractivity contribution in [3.05, 3.63) is 65.2 Å². The first-order valence-electron chi connectivity index (χ1n) is 6.56. The van der Waals surface area contributed by atoms with Gasteiger partial charge in [0.2, 0.25) is 0 Å². The molecule has 3 rings (SSSR count). The van der Waals surface area contributed by atoms with Gasteiger partial charge in [-0.05, 0) is 18.1 Å². The number of fused-ring (bicyclic) bond motifs is 1. The Labute approximate surface area is 113 Å². The highest BCUT2D eigenvalue weighted by Crippen LogP contribution is 2.40. The second-order valence-corrected chi connectivity index (χ2v) is 4.84. The van der Waals surface area contributed by atoms with E-state index in [9.17, 15) is 4.79 Å². The Morgan fingerprint density at radius 1 is 1.00 bits per heavy atom. The molecule has 0 bridgehead atoms. The third kappa shape index (κ3) is 2.03. The van der Waals surface area contributed by atoms with E-state index in [1.54, 1.807) is 7.11 Å². The van der Waals surface area contributed by atoms with Gasteiger partial charge in [-0.1, -0.05) is 42.5 Å². The molecule has 0 saturated heterocycles. The van der Waals surface area contributed by atoms with Crippen LogP contribution in [0.15, 0.2) is 48.5 Å². The Kier molecular flexibility index (Phi) is 3.08. The lowest BCUT2D eigenvalue weighted by Gasteiger charge is -2.26. The Morgan fingerprint density at radius 3 is 2.47 bits per heavy atom. The maximum Gasteiger partial charge on any atom is 0.163 e. The van der Waals surface area contributed by atoms with Crippen LogP contribution in [0.2, 0.25) is 0 Å². The molecular formula is C17H16O2. The zero-order valence-corrected chi connectivity index (χ0v) is 10.9. The summed E-state index contributed by atoms with van der Waals surface area (Å²) in [4.78, 5) is 12.0. The standard InChI is InChI=1S/C17H16O2/c1-19-17-9-5-4-8-15(17)13-10-11-16(18)14-7-3-2-6-12(13)14/h2-9,13H,10-11H2,1H3. The van der Waals surface area contributed by atoms with Crippen LogP contribution in [0.5, 0.6) is 5.75 Å². The molecule has 96 valence electrons. The monoisotopic (exact) mass is 252 g/mol. The predicted molar refractivity (Wildman–Crippen MR) is 74.8 cm³/mol. The molecule has 1 aliphatic carbocycles. The normalized spacial score (nSPS) is 17.9. The smallest absolute Gasteiger partial charge is 0.163 e. The zero-order valence-electron chi connectivity index (χ0n) is 10.9. The van der Waals surface area contributed by atoms with Crippen LogP contribution in [0.4, 0.5) is 0 Å². The van der Waals surface area contributed by atoms with Crippen molar-refractivity contribution in [3.63, 3.8) is 0 Å². The quantitative estimate of drug-likeness (QED) is 0.812. The number of rotatable bonds is 2. The van der Waals surface area contributed by atoms with Crippen molar-refractivity contribution in [3.8, 4) is 5.75 Å². The van der Waals surface area contributed by atoms with Crippen LogP contribution in [-0.2, 0) is 0 Å². The number of Topliss-reactive ketones (excluding diaryl/α,β-unsaturated/α-hetero) is 1. The molecule has 0 N–H and O–H groups in total. The molecule has 19 heavy (non-hydrogen) atoms. The number of hydrogen-bond donors (Lipinski definition) is 0. The van der Waals surface area contributed by atoms with E-state index in [4.69, 9.17) is 4.74 Å². The first kappa shape index (κ1) is 12.0. The number of para-hydroxylation sites is 1. The van der Waals surface area contributed by atoms with E-state index in [0.717, 1.165) is 23.3 Å². The van der Waals surface area contributed by atoms with Gasteiger partial charge in [-0.25, -0.2) is 0 Å². The number of ketones is 1. The van der Waals surface area contributed by atoms with E-state index in [0.29, 0.717) is 6.42 Å². The minimum absolute atomic E-state index is 0.252. The third-order valence-corrected chi connectivity index (χ3v) is 3.81. The summed E-state index contributed by atoms with van der Waals surface area (Å²) in [5, 5.41) is 0. The van der Waals surface area contributed by atoms with Gasteiger partial charge in [-0.15, -0.1) is 0 Å². The van der Waals surface area contributed by atoms with Crippen LogP contribution in [0, 0.1) is 0 Å². The number of carbonyl (C=O) groups excluding carboxylic acids is 1. The summed E-state index contributed by atoms with van der Waals surface area (Å²) in [6.45, 7) is 0. The summed E-state index contributed by atoms with van der Waals surface area (Å²) < 4.78 is 5.46. The summed E-state index contributed by atoms with van der Waals surface area (Å²) in [7, 11) is 1.69. The van der Waals surface area contributed by atoms with Gasteiger partial charge in [0.25, 0.3) is 0 Å². The lowest BCUT2D eigenvalue weighted by atomic mass is 9.78. The van der Waals surface area contributed by atoms with Crippen molar-refractivity contribution in [2.45, 2.75) is 18.8 Å². The summed E-state index contributed by atoms with van der Waals surface area (Å²) in [6, 6.07) is 16.0. The number of methoxy groups -OCH3 is 1. The lowest BCUT2D eigenvalue weighted by Crippen LogP contribution is -2.16. The van der Waals surface area contributed by atoms with E-state index >= 15 is 0 Å². The summed E-state index contributed by atoms with van der Waals surface area (Å²) in [5.41, 5.74) is 3.16. The molecule has 1 unspecified atom stereocenters. The average Bonchev–Trinajstić information content (AvgIpc) is 2.48. The SMILES string of the molecule is COc1ccccc1C1CCC(=O)c2ccccc21. The van der Waals surface area contributed by atoms with Gasteiger partial charge in [0.1, 0.15) is 5.75 Å². The molecular weight excluding hydrogens is 236 g/mol. The van der Waals surface area contributed by atoms with E-state index < -0.39 is 0 Å². The van der Waals surface area contributed by atoms with Gasteiger partial charge in [0.05, 0.1) is 7.11 Å². The predicted octanol–water partition coefficient (Wildman–Crippen LogP) is 3.80. The Balaban J connectivity index is 2.12. The fourth-order valence-electron chi connectivity index (χ4n) is 2.90. The van der Waals surface area contributed by atoms with E-state index in [1.165, 1.54) is 5.56 Å². The fraction of sp³-hybridized carbons (Fsp3) is 0.235. The maximum absolute atomic E-state index is 12.0. The van der Waals surface area contributed by atoms with Crippen LogP contribution in [0.3, 0.4) is 0 Å². The zero-order chi connectivity index (χ0) is 13.2. The molecule has 1 aliphatic rings. The Hall–Kier alpha value is -2.09. The molecule has 1 atom stereocenters. The summed E-state index contributed by atoms with van der Waals surface area (Å²) in [6.07, 6.45) is 1.47. The van der Waals surface area contributed by atoms with E-state index in [2.05, 4.69) is 12.1 Å². The van der Waals surface area contributed by atoms with Crippen LogP contribution >= 0.6 is 0 Å². The number of benzene rings is 2.